The summed E-state index contributed by atoms with van der Waals surface area (Å²) in [5, 5.41) is 3.27. The Kier molecular flexibility index (Phi) is 7.45. The zero-order valence-corrected chi connectivity index (χ0v) is 8.34. The molecular weight excluding hydrogens is 150 g/mol. The molecule has 0 radical (unpaired) electrons. The first kappa shape index (κ1) is 11.9. The van der Waals surface area contributed by atoms with Gasteiger partial charge in [-0.05, 0) is 38.3 Å². The molecule has 0 aliphatic carbocycles. The Balaban J connectivity index is 3.13. The maximum absolute atomic E-state index is 5.78. The van der Waals surface area contributed by atoms with E-state index in [0.717, 1.165) is 31.8 Å². The summed E-state index contributed by atoms with van der Waals surface area (Å²) in [6, 6.07) is 0. The largest absolute Gasteiger partial charge is 0.330 e. The topological polar surface area (TPSA) is 64.1 Å². The molecule has 0 fully saturated rings. The van der Waals surface area contributed by atoms with E-state index in [1.807, 2.05) is 0 Å². The summed E-state index contributed by atoms with van der Waals surface area (Å²) in [5.41, 5.74) is 11.1. The van der Waals surface area contributed by atoms with Crippen LogP contribution >= 0.6 is 0 Å². The van der Waals surface area contributed by atoms with Crippen LogP contribution in [0.3, 0.4) is 0 Å². The molecule has 74 valence electrons. The molecule has 0 aromatic rings. The molecule has 0 rings (SSSR count). The predicted molar refractivity (Wildman–Crippen MR) is 53.7 cm³/mol. The summed E-state index contributed by atoms with van der Waals surface area (Å²) in [5.74, 6) is 0.749. The molecule has 0 aromatic carbocycles. The number of nitrogens with two attached hydrogens (primary N) is 2. The third-order valence-corrected chi connectivity index (χ3v) is 1.85. The van der Waals surface area contributed by atoms with Gasteiger partial charge in [0, 0.05) is 0 Å². The van der Waals surface area contributed by atoms with Crippen LogP contribution in [0.25, 0.3) is 0 Å². The second kappa shape index (κ2) is 7.53. The molecule has 1 atom stereocenters. The van der Waals surface area contributed by atoms with Crippen LogP contribution in [0.4, 0.5) is 0 Å². The van der Waals surface area contributed by atoms with Crippen molar-refractivity contribution in [2.45, 2.75) is 39.3 Å². The van der Waals surface area contributed by atoms with Gasteiger partial charge >= 0.3 is 0 Å². The molecule has 0 saturated heterocycles. The summed E-state index contributed by atoms with van der Waals surface area (Å²) in [6.45, 7) is 6.18. The fourth-order valence-corrected chi connectivity index (χ4v) is 0.997. The minimum absolute atomic E-state index is 0.132. The molecule has 0 aliphatic rings. The van der Waals surface area contributed by atoms with Gasteiger partial charge in [0.05, 0.1) is 6.17 Å². The Bertz CT molecular complexity index is 93.8. The number of hydrogen-bond acceptors (Lipinski definition) is 3. The van der Waals surface area contributed by atoms with E-state index < -0.39 is 0 Å². The zero-order valence-electron chi connectivity index (χ0n) is 8.34. The van der Waals surface area contributed by atoms with Gasteiger partial charge in [-0.3, -0.25) is 0 Å². The Hall–Kier alpha value is -0.120. The van der Waals surface area contributed by atoms with Crippen molar-refractivity contribution in [3.05, 3.63) is 0 Å². The average Bonchev–Trinajstić information content (AvgIpc) is 2.00. The van der Waals surface area contributed by atoms with Crippen molar-refractivity contribution in [2.75, 3.05) is 13.1 Å². The third-order valence-electron chi connectivity index (χ3n) is 1.85. The molecule has 0 heterocycles. The Morgan fingerprint density at radius 1 is 1.25 bits per heavy atom. The molecule has 3 nitrogen and oxygen atoms in total. The normalized spacial score (nSPS) is 13.8. The molecule has 12 heavy (non-hydrogen) atoms. The molecular formula is C9H23N3. The molecule has 0 bridgehead atoms. The molecule has 0 saturated carbocycles. The van der Waals surface area contributed by atoms with E-state index in [-0.39, 0.29) is 6.17 Å². The standard InChI is InChI=1S/C9H23N3/c1-8(2)5-7-12-9(11)4-3-6-10/h8-9,12H,3-7,10-11H2,1-2H3. The van der Waals surface area contributed by atoms with Crippen molar-refractivity contribution < 1.29 is 0 Å². The van der Waals surface area contributed by atoms with Crippen LogP contribution in [0.5, 0.6) is 0 Å². The van der Waals surface area contributed by atoms with Crippen molar-refractivity contribution >= 4 is 0 Å². The van der Waals surface area contributed by atoms with Crippen LogP contribution in [0.1, 0.15) is 33.1 Å². The highest BCUT2D eigenvalue weighted by molar-refractivity contribution is 4.59. The maximum Gasteiger partial charge on any atom is 0.0546 e. The van der Waals surface area contributed by atoms with Crippen LogP contribution in [0.2, 0.25) is 0 Å². The Morgan fingerprint density at radius 3 is 2.42 bits per heavy atom. The second-order valence-corrected chi connectivity index (χ2v) is 3.67. The lowest BCUT2D eigenvalue weighted by molar-refractivity contribution is 0.450. The van der Waals surface area contributed by atoms with Crippen LogP contribution in [0.15, 0.2) is 0 Å². The molecule has 5 N–H and O–H groups in total. The molecule has 0 aromatic heterocycles. The fraction of sp³-hybridized carbons (Fsp3) is 1.00. The van der Waals surface area contributed by atoms with Gasteiger partial charge in [-0.2, -0.15) is 0 Å². The average molecular weight is 173 g/mol. The summed E-state index contributed by atoms with van der Waals surface area (Å²) in [6.07, 6.45) is 3.31. The maximum atomic E-state index is 5.78. The monoisotopic (exact) mass is 173 g/mol. The molecule has 0 amide bonds. The van der Waals surface area contributed by atoms with Crippen molar-refractivity contribution in [1.29, 1.82) is 0 Å². The number of rotatable bonds is 7. The van der Waals surface area contributed by atoms with Gasteiger partial charge in [-0.25, -0.2) is 0 Å². The van der Waals surface area contributed by atoms with E-state index in [4.69, 9.17) is 11.5 Å². The smallest absolute Gasteiger partial charge is 0.0546 e. The lowest BCUT2D eigenvalue weighted by atomic mass is 10.1. The zero-order chi connectivity index (χ0) is 9.40. The van der Waals surface area contributed by atoms with Crippen LogP contribution in [-0.2, 0) is 0 Å². The quantitative estimate of drug-likeness (QED) is 0.495. The summed E-state index contributed by atoms with van der Waals surface area (Å²) in [7, 11) is 0. The van der Waals surface area contributed by atoms with Gasteiger partial charge in [-0.1, -0.05) is 13.8 Å². The summed E-state index contributed by atoms with van der Waals surface area (Å²) >= 11 is 0. The first-order chi connectivity index (χ1) is 5.66. The molecule has 3 heteroatoms. The SMILES string of the molecule is CC(C)CCNC(N)CCCN. The first-order valence-corrected chi connectivity index (χ1v) is 4.86. The van der Waals surface area contributed by atoms with Crippen molar-refractivity contribution in [3.8, 4) is 0 Å². The van der Waals surface area contributed by atoms with Gasteiger partial charge in [0.1, 0.15) is 0 Å². The third kappa shape index (κ3) is 7.98. The van der Waals surface area contributed by atoms with Gasteiger partial charge in [0.2, 0.25) is 0 Å². The number of nitrogens with one attached hydrogen (secondary N) is 1. The van der Waals surface area contributed by atoms with Crippen LogP contribution in [-0.4, -0.2) is 19.3 Å². The Labute approximate surface area is 75.9 Å². The van der Waals surface area contributed by atoms with Crippen molar-refractivity contribution in [2.24, 2.45) is 17.4 Å². The lowest BCUT2D eigenvalue weighted by Crippen LogP contribution is -2.38. The second-order valence-electron chi connectivity index (χ2n) is 3.67. The predicted octanol–water partition coefficient (Wildman–Crippen LogP) is 0.646. The first-order valence-electron chi connectivity index (χ1n) is 4.86. The highest BCUT2D eigenvalue weighted by Gasteiger charge is 2.00. The van der Waals surface area contributed by atoms with E-state index in [1.165, 1.54) is 6.42 Å². The van der Waals surface area contributed by atoms with Gasteiger partial charge in [-0.15, -0.1) is 0 Å². The molecule has 1 unspecified atom stereocenters. The summed E-state index contributed by atoms with van der Waals surface area (Å²) < 4.78 is 0. The van der Waals surface area contributed by atoms with E-state index >= 15 is 0 Å². The minimum atomic E-state index is 0.132. The van der Waals surface area contributed by atoms with Gasteiger partial charge in [0.25, 0.3) is 0 Å². The minimum Gasteiger partial charge on any atom is -0.330 e. The van der Waals surface area contributed by atoms with Crippen molar-refractivity contribution in [3.63, 3.8) is 0 Å². The Morgan fingerprint density at radius 2 is 1.92 bits per heavy atom. The molecule has 0 spiro atoms. The van der Waals surface area contributed by atoms with Gasteiger partial charge in [0.15, 0.2) is 0 Å². The highest BCUT2D eigenvalue weighted by Crippen LogP contribution is 1.97. The van der Waals surface area contributed by atoms with E-state index in [1.54, 1.807) is 0 Å². The van der Waals surface area contributed by atoms with Crippen molar-refractivity contribution in [1.82, 2.24) is 5.32 Å². The highest BCUT2D eigenvalue weighted by atomic mass is 15.0. The van der Waals surface area contributed by atoms with Crippen LogP contribution in [0, 0.1) is 5.92 Å². The van der Waals surface area contributed by atoms with Gasteiger partial charge < -0.3 is 16.8 Å². The lowest BCUT2D eigenvalue weighted by Gasteiger charge is -2.13. The fourth-order valence-electron chi connectivity index (χ4n) is 0.997. The number of hydrogen-bond donors (Lipinski definition) is 3. The molecule has 0 aliphatic heterocycles. The van der Waals surface area contributed by atoms with E-state index in [0.29, 0.717) is 0 Å². The summed E-state index contributed by atoms with van der Waals surface area (Å²) in [4.78, 5) is 0. The van der Waals surface area contributed by atoms with Crippen LogP contribution < -0.4 is 16.8 Å². The van der Waals surface area contributed by atoms with E-state index in [9.17, 15) is 0 Å². The van der Waals surface area contributed by atoms with E-state index in [2.05, 4.69) is 19.2 Å².